The third-order valence-corrected chi connectivity index (χ3v) is 22.8. The van der Waals surface area contributed by atoms with E-state index in [1.807, 2.05) is 0 Å². The van der Waals surface area contributed by atoms with Gasteiger partial charge in [0.1, 0.15) is 91.6 Å². The highest BCUT2D eigenvalue weighted by atomic mass is 16.8. The molecule has 30 atom stereocenters. The molecule has 4 saturated carbocycles. The fourth-order valence-electron chi connectivity index (χ4n) is 17.8. The molecule has 4 aliphatic heterocycles. The van der Waals surface area contributed by atoms with E-state index >= 15 is 0 Å². The van der Waals surface area contributed by atoms with E-state index in [1.54, 1.807) is 19.9 Å². The summed E-state index contributed by atoms with van der Waals surface area (Å²) in [7, 11) is 0. The predicted molar refractivity (Wildman–Crippen MR) is 287 cm³/mol. The van der Waals surface area contributed by atoms with Crippen molar-refractivity contribution in [3.63, 3.8) is 0 Å². The zero-order valence-corrected chi connectivity index (χ0v) is 49.3. The Hall–Kier alpha value is -2.38. The molecule has 9 aliphatic rings. The molecule has 4 heterocycles. The first-order valence-electron chi connectivity index (χ1n) is 29.7. The van der Waals surface area contributed by atoms with Gasteiger partial charge < -0.3 is 109 Å². The third-order valence-electron chi connectivity index (χ3n) is 22.8. The van der Waals surface area contributed by atoms with Gasteiger partial charge in [0.05, 0.1) is 43.5 Å². The first kappa shape index (κ1) is 65.1. The Bertz CT molecular complexity index is 2400. The normalized spacial score (nSPS) is 52.4. The summed E-state index contributed by atoms with van der Waals surface area (Å²) in [6, 6.07) is 0. The van der Waals surface area contributed by atoms with Crippen molar-refractivity contribution in [3.05, 3.63) is 23.3 Å². The van der Waals surface area contributed by atoms with Crippen LogP contribution >= 0.6 is 0 Å². The van der Waals surface area contributed by atoms with Crippen LogP contribution in [0, 0.1) is 56.2 Å². The number of aliphatic hydroxyl groups excluding tert-OH is 13. The van der Waals surface area contributed by atoms with Gasteiger partial charge in [0.15, 0.2) is 25.0 Å². The number of carboxylic acids is 1. The van der Waals surface area contributed by atoms with Gasteiger partial charge in [-0.3, -0.25) is 0 Å². The molecule has 24 heteroatoms. The van der Waals surface area contributed by atoms with Crippen LogP contribution in [-0.4, -0.2) is 238 Å². The van der Waals surface area contributed by atoms with Crippen molar-refractivity contribution in [2.45, 2.75) is 255 Å². The van der Waals surface area contributed by atoms with Crippen LogP contribution in [0.1, 0.15) is 121 Å². The predicted octanol–water partition coefficient (Wildman–Crippen LogP) is -0.710. The minimum Gasteiger partial charge on any atom is -0.479 e. The highest BCUT2D eigenvalue weighted by Crippen LogP contribution is 2.76. The Kier molecular flexibility index (Phi) is 18.4. The van der Waals surface area contributed by atoms with E-state index in [1.165, 1.54) is 6.92 Å². The largest absolute Gasteiger partial charge is 0.479 e. The molecule has 14 N–H and O–H groups in total. The molecule has 8 fully saturated rings. The lowest BCUT2D eigenvalue weighted by atomic mass is 9.32. The molecule has 0 aromatic heterocycles. The van der Waals surface area contributed by atoms with Gasteiger partial charge in [-0.2, -0.15) is 0 Å². The van der Waals surface area contributed by atoms with Crippen LogP contribution in [0.15, 0.2) is 23.3 Å². The monoisotopic (exact) mass is 1190 g/mol. The number of carbonyl (C=O) groups is 2. The van der Waals surface area contributed by atoms with Gasteiger partial charge in [0.25, 0.3) is 0 Å². The van der Waals surface area contributed by atoms with Crippen molar-refractivity contribution >= 4 is 11.9 Å². The Labute approximate surface area is 484 Å². The molecule has 0 aromatic carbocycles. The minimum absolute atomic E-state index is 0.0119. The lowest BCUT2D eigenvalue weighted by molar-refractivity contribution is -0.393. The van der Waals surface area contributed by atoms with Gasteiger partial charge in [0, 0.05) is 5.57 Å². The first-order chi connectivity index (χ1) is 38.7. The summed E-state index contributed by atoms with van der Waals surface area (Å²) in [5.74, 6) is -3.24. The molecule has 0 aromatic rings. The molecular formula is C59H94O24. The molecule has 0 radical (unpaired) electrons. The van der Waals surface area contributed by atoms with Crippen molar-refractivity contribution < 1.29 is 119 Å². The van der Waals surface area contributed by atoms with E-state index in [0.29, 0.717) is 56.9 Å². The van der Waals surface area contributed by atoms with E-state index in [4.69, 9.17) is 37.9 Å². The summed E-state index contributed by atoms with van der Waals surface area (Å²) >= 11 is 0. The van der Waals surface area contributed by atoms with Gasteiger partial charge in [-0.25, -0.2) is 9.59 Å². The molecular weight excluding hydrogens is 1090 g/mol. The second-order valence-electron chi connectivity index (χ2n) is 28.0. The summed E-state index contributed by atoms with van der Waals surface area (Å²) in [5, 5.41) is 156. The maximum absolute atomic E-state index is 13.5. The molecule has 24 nitrogen and oxygen atoms in total. The van der Waals surface area contributed by atoms with Gasteiger partial charge >= 0.3 is 11.9 Å². The quantitative estimate of drug-likeness (QED) is 0.0615. The van der Waals surface area contributed by atoms with Crippen LogP contribution in [-0.2, 0) is 47.5 Å². The van der Waals surface area contributed by atoms with Crippen molar-refractivity contribution in [1.29, 1.82) is 0 Å². The Morgan fingerprint density at radius 2 is 1.23 bits per heavy atom. The Morgan fingerprint density at radius 3 is 1.83 bits per heavy atom. The van der Waals surface area contributed by atoms with E-state index in [-0.39, 0.29) is 29.8 Å². The maximum Gasteiger partial charge on any atom is 0.335 e. The lowest BCUT2D eigenvalue weighted by Crippen LogP contribution is -2.71. The summed E-state index contributed by atoms with van der Waals surface area (Å²) in [5.41, 5.74) is -2.12. The van der Waals surface area contributed by atoms with Crippen LogP contribution in [0.3, 0.4) is 0 Å². The van der Waals surface area contributed by atoms with Crippen LogP contribution in [0.4, 0.5) is 0 Å². The summed E-state index contributed by atoms with van der Waals surface area (Å²) in [6.07, 6.45) is -29.9. The fourth-order valence-corrected chi connectivity index (χ4v) is 17.8. The Morgan fingerprint density at radius 1 is 0.651 bits per heavy atom. The molecule has 9 rings (SSSR count). The number of rotatable bonds is 13. The second kappa shape index (κ2) is 23.5. The number of aliphatic carboxylic acids is 1. The number of carboxylic acid groups (broad SMARTS) is 1. The van der Waals surface area contributed by atoms with Crippen LogP contribution in [0.25, 0.3) is 0 Å². The number of hydrogen-bond donors (Lipinski definition) is 14. The zero-order chi connectivity index (χ0) is 61.2. The number of aliphatic hydroxyl groups is 13. The number of esters is 1. The highest BCUT2D eigenvalue weighted by molar-refractivity contribution is 5.87. The van der Waals surface area contributed by atoms with Gasteiger partial charge in [-0.1, -0.05) is 66.2 Å². The summed E-state index contributed by atoms with van der Waals surface area (Å²) in [4.78, 5) is 26.9. The molecule has 0 amide bonds. The van der Waals surface area contributed by atoms with Gasteiger partial charge in [-0.05, 0) is 123 Å². The summed E-state index contributed by atoms with van der Waals surface area (Å²) < 4.78 is 49.5. The number of carbonyl (C=O) groups excluding carboxylic acids is 1. The van der Waals surface area contributed by atoms with Gasteiger partial charge in [0.2, 0.25) is 0 Å². The van der Waals surface area contributed by atoms with Crippen LogP contribution < -0.4 is 0 Å². The molecule has 0 spiro atoms. The van der Waals surface area contributed by atoms with Crippen molar-refractivity contribution in [2.24, 2.45) is 56.2 Å². The number of fused-ring (bicyclic) bond motifs is 7. The molecule has 83 heavy (non-hydrogen) atoms. The van der Waals surface area contributed by atoms with Crippen molar-refractivity contribution in [3.8, 4) is 0 Å². The third kappa shape index (κ3) is 10.5. The average molecular weight is 1190 g/mol. The zero-order valence-electron chi connectivity index (χ0n) is 49.3. The molecule has 5 aliphatic carbocycles. The second-order valence-corrected chi connectivity index (χ2v) is 28.0. The fraction of sp³-hybridized carbons (Fsp3) is 0.898. The van der Waals surface area contributed by atoms with E-state index in [2.05, 4.69) is 54.5 Å². The summed E-state index contributed by atoms with van der Waals surface area (Å²) in [6.45, 7) is 17.9. The van der Waals surface area contributed by atoms with E-state index in [9.17, 15) is 81.1 Å². The average Bonchev–Trinajstić information content (AvgIpc) is 0.896. The SMILES string of the molecule is C/C=C(/C)C(=O)O[C@H]1CC(C)(C)C[C@H]2C3=CC[C@@H]4[C@@]5(C)CC[C@H]([C@@H]6O[C@H](C(=O)O)[C@@H](O)[C@H](O[C@@H]7O[C@H](CO)[C@H](O)[C@H](O)[C@H]7O[C@@H]7O[C@@H](C)[C@H](O)[C@@H](O)[C@H]7O)[C@H]6O[C@@H]6O[C@H](CO)[C@@H](O)[C@H](O)[C@H]6O)C(C)(C)[C@@H]5CC[C@@]4(C)[C@]3(C)C[C@@H](O)[C@@]12CO. The van der Waals surface area contributed by atoms with Crippen LogP contribution in [0.5, 0.6) is 0 Å². The topological polar surface area (TPSA) is 391 Å². The first-order valence-corrected chi connectivity index (χ1v) is 29.7. The lowest BCUT2D eigenvalue weighted by Gasteiger charge is -2.72. The highest BCUT2D eigenvalue weighted by Gasteiger charge is 2.73. The van der Waals surface area contributed by atoms with Crippen molar-refractivity contribution in [1.82, 2.24) is 0 Å². The minimum atomic E-state index is -2.20. The number of allylic oxidation sites excluding steroid dienone is 3. The van der Waals surface area contributed by atoms with E-state index < -0.39 is 193 Å². The molecule has 4 saturated heterocycles. The number of hydrogen-bond acceptors (Lipinski definition) is 23. The smallest absolute Gasteiger partial charge is 0.335 e. The van der Waals surface area contributed by atoms with Gasteiger partial charge in [-0.15, -0.1) is 0 Å². The molecule has 474 valence electrons. The standard InChI is InChI=1S/C59H94O24/c1-11-24(2)50(75)79-34-20-54(4,5)18-28-26-12-13-32-56(8)16-14-27(55(6,7)31(56)15-17-57(32,9)58(26,10)19-33(63)59(28,34)23-62)44-48(83-52-42(71)39(68)36(65)29(21-60)77-52)45(43(72)46(80-44)49(73)74)81-53-47(40(69)37(66)30(22-61)78-53)82-51-41(70)38(67)35(64)25(3)76-51/h11-12,25,27-48,51-53,60-72H,13-23H2,1-10H3,(H,73,74)/b24-11-/t25-,27+,28-,29+,30+,31-,32+,33+,34-,35-,36+,37-,38+,39-,40-,41+,42+,43-,44-,45-,46-,47+,48-,51-,52-,53-,56-,57+,58+,59-/m0/s1. The van der Waals surface area contributed by atoms with Crippen LogP contribution in [0.2, 0.25) is 0 Å². The maximum atomic E-state index is 13.5. The number of ether oxygens (including phenoxy) is 8. The van der Waals surface area contributed by atoms with Crippen molar-refractivity contribution in [2.75, 3.05) is 19.8 Å². The Balaban J connectivity index is 1.08. The van der Waals surface area contributed by atoms with E-state index in [0.717, 1.165) is 5.57 Å². The molecule has 0 bridgehead atoms. The molecule has 0 unspecified atom stereocenters.